The van der Waals surface area contributed by atoms with Gasteiger partial charge in [0.25, 0.3) is 0 Å². The molecule has 3 aromatic carbocycles. The molecule has 0 nitrogen and oxygen atoms in total. The molecule has 0 saturated carbocycles. The van der Waals surface area contributed by atoms with Crippen LogP contribution in [-0.4, -0.2) is 0 Å². The molecule has 4 rings (SSSR count). The Morgan fingerprint density at radius 1 is 0.676 bits per heavy atom. The fourth-order valence-electron chi connectivity index (χ4n) is 4.99. The average molecular weight is 546 g/mol. The molecule has 0 atom stereocenters. The van der Waals surface area contributed by atoms with Crippen LogP contribution in [0.15, 0.2) is 90.0 Å². The Morgan fingerprint density at radius 2 is 1.06 bits per heavy atom. The standard InChI is InChI=1S/C30H31.3ClH.Ti/c1-21(2)28-16-9-17-29(28)30(25-13-6-10-22(3)18-25,26-14-7-11-23(4)19-26)27-15-8-12-24(5)20-27;;;;/h6-15,18-21H,17H2,1-5H3;3*1H;/q-1;;;;+4/p-3. The van der Waals surface area contributed by atoms with Gasteiger partial charge < -0.3 is 37.2 Å². The summed E-state index contributed by atoms with van der Waals surface area (Å²) in [5.41, 5.74) is 10.4. The summed E-state index contributed by atoms with van der Waals surface area (Å²) in [4.78, 5) is 0. The fraction of sp³-hybridized carbons (Fsp3) is 0.267. The molecule has 176 valence electrons. The Kier molecular flexibility index (Phi) is 13.2. The maximum absolute atomic E-state index is 3.62. The molecule has 3 aromatic rings. The van der Waals surface area contributed by atoms with Crippen LogP contribution in [0.5, 0.6) is 0 Å². The van der Waals surface area contributed by atoms with Crippen LogP contribution in [0.4, 0.5) is 0 Å². The Balaban J connectivity index is 0.00000272. The molecule has 34 heavy (non-hydrogen) atoms. The van der Waals surface area contributed by atoms with Gasteiger partial charge in [0.15, 0.2) is 0 Å². The topological polar surface area (TPSA) is 0 Å². The van der Waals surface area contributed by atoms with E-state index in [-0.39, 0.29) is 64.4 Å². The molecule has 0 heterocycles. The van der Waals surface area contributed by atoms with E-state index in [2.05, 4.69) is 120 Å². The van der Waals surface area contributed by atoms with Gasteiger partial charge in [-0.05, 0) is 37.5 Å². The van der Waals surface area contributed by atoms with Gasteiger partial charge in [-0.1, -0.05) is 116 Å². The van der Waals surface area contributed by atoms with E-state index < -0.39 is 0 Å². The number of aryl methyl sites for hydroxylation is 3. The van der Waals surface area contributed by atoms with Crippen molar-refractivity contribution in [2.24, 2.45) is 5.92 Å². The van der Waals surface area contributed by atoms with Crippen molar-refractivity contribution in [3.8, 4) is 0 Å². The van der Waals surface area contributed by atoms with Crippen molar-refractivity contribution in [3.05, 3.63) is 129 Å². The minimum atomic E-state index is -0.330. The Hall–Kier alpha value is -1.28. The summed E-state index contributed by atoms with van der Waals surface area (Å²) in [6.07, 6.45) is 6.78. The number of rotatable bonds is 5. The Morgan fingerprint density at radius 3 is 1.38 bits per heavy atom. The van der Waals surface area contributed by atoms with E-state index in [1.165, 1.54) is 44.5 Å². The van der Waals surface area contributed by atoms with Gasteiger partial charge >= 0.3 is 21.7 Å². The van der Waals surface area contributed by atoms with Gasteiger partial charge in [-0.3, -0.25) is 6.08 Å². The largest absolute Gasteiger partial charge is 4.00 e. The van der Waals surface area contributed by atoms with Crippen LogP contribution in [0, 0.1) is 32.8 Å². The zero-order valence-electron chi connectivity index (χ0n) is 20.4. The molecule has 1 aliphatic carbocycles. The third-order valence-electron chi connectivity index (χ3n) is 6.27. The van der Waals surface area contributed by atoms with Crippen molar-refractivity contribution in [3.63, 3.8) is 0 Å². The third-order valence-corrected chi connectivity index (χ3v) is 6.27. The SMILES string of the molecule is Cc1cccc(C(C2=C(C(C)C)[C-]=CC2)(c2cccc(C)c2)c2cccc(C)c2)c1.[Cl-].[Cl-].[Cl-].[Ti+4]. The summed E-state index contributed by atoms with van der Waals surface area (Å²) in [5, 5.41) is 0. The van der Waals surface area contributed by atoms with Crippen molar-refractivity contribution in [2.45, 2.75) is 46.5 Å². The zero-order chi connectivity index (χ0) is 21.3. The van der Waals surface area contributed by atoms with Crippen molar-refractivity contribution in [1.29, 1.82) is 0 Å². The van der Waals surface area contributed by atoms with E-state index in [9.17, 15) is 0 Å². The predicted octanol–water partition coefficient (Wildman–Crippen LogP) is -1.33. The molecule has 4 heteroatoms. The third kappa shape index (κ3) is 6.10. The van der Waals surface area contributed by atoms with E-state index in [1.54, 1.807) is 0 Å². The van der Waals surface area contributed by atoms with Crippen LogP contribution in [0.3, 0.4) is 0 Å². The molecular weight excluding hydrogens is 515 g/mol. The van der Waals surface area contributed by atoms with E-state index >= 15 is 0 Å². The molecule has 0 N–H and O–H groups in total. The molecule has 0 spiro atoms. The van der Waals surface area contributed by atoms with Crippen LogP contribution >= 0.6 is 0 Å². The summed E-state index contributed by atoms with van der Waals surface area (Å²) in [6, 6.07) is 27.2. The maximum atomic E-state index is 3.62. The fourth-order valence-corrected chi connectivity index (χ4v) is 4.99. The molecule has 0 amide bonds. The summed E-state index contributed by atoms with van der Waals surface area (Å²) in [5.74, 6) is 0.428. The van der Waals surface area contributed by atoms with E-state index in [4.69, 9.17) is 0 Å². The van der Waals surface area contributed by atoms with Crippen molar-refractivity contribution < 1.29 is 58.9 Å². The number of allylic oxidation sites excluding steroid dienone is 4. The van der Waals surface area contributed by atoms with E-state index in [0.29, 0.717) is 5.92 Å². The summed E-state index contributed by atoms with van der Waals surface area (Å²) >= 11 is 0. The first-order valence-electron chi connectivity index (χ1n) is 11.0. The van der Waals surface area contributed by atoms with Gasteiger partial charge in [0.05, 0.1) is 0 Å². The van der Waals surface area contributed by atoms with Gasteiger partial charge in [0.1, 0.15) is 0 Å². The maximum Gasteiger partial charge on any atom is 4.00 e. The van der Waals surface area contributed by atoms with E-state index in [1.807, 2.05) is 0 Å². The smallest absolute Gasteiger partial charge is 1.00 e. The van der Waals surface area contributed by atoms with Gasteiger partial charge in [-0.2, -0.15) is 11.6 Å². The summed E-state index contributed by atoms with van der Waals surface area (Å²) in [7, 11) is 0. The second-order valence-corrected chi connectivity index (χ2v) is 8.96. The minimum absolute atomic E-state index is 0. The van der Waals surface area contributed by atoms with E-state index in [0.717, 1.165) is 6.42 Å². The van der Waals surface area contributed by atoms with Gasteiger partial charge in [-0.25, -0.2) is 5.57 Å². The molecule has 0 unspecified atom stereocenters. The van der Waals surface area contributed by atoms with Gasteiger partial charge in [0, 0.05) is 5.41 Å². The molecule has 0 saturated heterocycles. The Labute approximate surface area is 239 Å². The predicted molar refractivity (Wildman–Crippen MR) is 128 cm³/mol. The molecule has 0 bridgehead atoms. The normalized spacial score (nSPS) is 12.4. The number of halogens is 3. The average Bonchev–Trinajstić information content (AvgIpc) is 3.19. The van der Waals surface area contributed by atoms with Gasteiger partial charge in [0.2, 0.25) is 0 Å². The Bertz CT molecular complexity index is 1030. The molecule has 0 aliphatic heterocycles. The summed E-state index contributed by atoms with van der Waals surface area (Å²) < 4.78 is 0. The second kappa shape index (κ2) is 13.7. The monoisotopic (exact) mass is 544 g/mol. The molecule has 0 fully saturated rings. The van der Waals surface area contributed by atoms with Crippen LogP contribution in [0.2, 0.25) is 0 Å². The number of hydrogen-bond acceptors (Lipinski definition) is 0. The molecule has 1 aliphatic rings. The van der Waals surface area contributed by atoms with Crippen molar-refractivity contribution >= 4 is 0 Å². The first-order chi connectivity index (χ1) is 14.4. The molecule has 0 aromatic heterocycles. The molecular formula is C30H31Cl3Ti. The number of benzene rings is 3. The van der Waals surface area contributed by atoms with Crippen LogP contribution in [-0.2, 0) is 27.1 Å². The van der Waals surface area contributed by atoms with Gasteiger partial charge in [-0.15, -0.1) is 0 Å². The van der Waals surface area contributed by atoms with Crippen LogP contribution < -0.4 is 37.2 Å². The number of hydrogen-bond donors (Lipinski definition) is 0. The first-order valence-corrected chi connectivity index (χ1v) is 11.0. The van der Waals surface area contributed by atoms with Crippen LogP contribution in [0.1, 0.15) is 53.6 Å². The first kappa shape index (κ1) is 32.7. The minimum Gasteiger partial charge on any atom is -1.00 e. The van der Waals surface area contributed by atoms with Crippen LogP contribution in [0.25, 0.3) is 0 Å². The summed E-state index contributed by atoms with van der Waals surface area (Å²) in [6.45, 7) is 11.1. The van der Waals surface area contributed by atoms with Crippen molar-refractivity contribution in [1.82, 2.24) is 0 Å². The quantitative estimate of drug-likeness (QED) is 0.212. The second-order valence-electron chi connectivity index (χ2n) is 8.96. The van der Waals surface area contributed by atoms with Crippen molar-refractivity contribution in [2.75, 3.05) is 0 Å². The molecule has 0 radical (unpaired) electrons. The zero-order valence-corrected chi connectivity index (χ0v) is 24.3.